The predicted molar refractivity (Wildman–Crippen MR) is 83.7 cm³/mol. The van der Waals surface area contributed by atoms with E-state index in [1.165, 1.54) is 11.1 Å². The normalized spacial score (nSPS) is 22.5. The first-order valence-electron chi connectivity index (χ1n) is 6.88. The second kappa shape index (κ2) is 5.96. The number of rotatable bonds is 1. The van der Waals surface area contributed by atoms with Crippen LogP contribution in [-0.4, -0.2) is 11.9 Å². The van der Waals surface area contributed by atoms with E-state index in [2.05, 4.69) is 56.6 Å². The molecule has 2 nitrogen and oxygen atoms in total. The van der Waals surface area contributed by atoms with Gasteiger partial charge in [-0.05, 0) is 19.4 Å². The highest BCUT2D eigenvalue weighted by atomic mass is 15.3. The summed E-state index contributed by atoms with van der Waals surface area (Å²) in [5, 5.41) is 3.49. The highest BCUT2D eigenvalue weighted by Crippen LogP contribution is 2.34. The maximum atomic E-state index is 4.11. The summed E-state index contributed by atoms with van der Waals surface area (Å²) in [7, 11) is 1.99. The lowest BCUT2D eigenvalue weighted by Crippen LogP contribution is -2.48. The Bertz CT molecular complexity index is 456. The van der Waals surface area contributed by atoms with E-state index in [0.717, 1.165) is 17.9 Å². The Morgan fingerprint density at radius 1 is 1.26 bits per heavy atom. The number of nitrogens with one attached hydrogen (secondary N) is 1. The molecular formula is C17H26N2. The van der Waals surface area contributed by atoms with Crippen molar-refractivity contribution in [3.8, 4) is 0 Å². The van der Waals surface area contributed by atoms with Crippen molar-refractivity contribution in [3.63, 3.8) is 0 Å². The Labute approximate surface area is 117 Å². The Kier molecular flexibility index (Phi) is 4.82. The molecule has 2 rings (SSSR count). The van der Waals surface area contributed by atoms with E-state index in [-0.39, 0.29) is 5.54 Å². The minimum atomic E-state index is -0.104. The van der Waals surface area contributed by atoms with Gasteiger partial charge in [-0.3, -0.25) is 0 Å². The van der Waals surface area contributed by atoms with Crippen molar-refractivity contribution in [2.24, 2.45) is 0 Å². The summed E-state index contributed by atoms with van der Waals surface area (Å²) >= 11 is 0. The lowest BCUT2D eigenvalue weighted by Gasteiger charge is -2.43. The van der Waals surface area contributed by atoms with Gasteiger partial charge in [0.05, 0.1) is 11.4 Å². The maximum Gasteiger partial charge on any atom is 0.0985 e. The topological polar surface area (TPSA) is 15.3 Å². The van der Waals surface area contributed by atoms with Gasteiger partial charge in [0, 0.05) is 19.2 Å². The van der Waals surface area contributed by atoms with E-state index >= 15 is 0 Å². The molecule has 19 heavy (non-hydrogen) atoms. The van der Waals surface area contributed by atoms with Crippen molar-refractivity contribution in [3.05, 3.63) is 60.1 Å². The SMILES string of the molecule is C=C1C[C@@](C)(c2cccc(C)c2)NC(=C)N1C.CC. The molecule has 104 valence electrons. The molecule has 1 N–H and O–H groups in total. The quantitative estimate of drug-likeness (QED) is 0.814. The van der Waals surface area contributed by atoms with Crippen LogP contribution in [-0.2, 0) is 5.54 Å². The zero-order valence-corrected chi connectivity index (χ0v) is 12.9. The molecule has 1 aromatic rings. The molecule has 0 spiro atoms. The highest BCUT2D eigenvalue weighted by molar-refractivity contribution is 5.33. The third kappa shape index (κ3) is 3.19. The van der Waals surface area contributed by atoms with Gasteiger partial charge in [-0.1, -0.05) is 56.8 Å². The molecule has 0 bridgehead atoms. The Hall–Kier alpha value is -1.70. The van der Waals surface area contributed by atoms with Crippen molar-refractivity contribution >= 4 is 0 Å². The zero-order valence-electron chi connectivity index (χ0n) is 12.9. The Morgan fingerprint density at radius 3 is 2.42 bits per heavy atom. The summed E-state index contributed by atoms with van der Waals surface area (Å²) in [4.78, 5) is 2.01. The molecule has 1 aliphatic rings. The van der Waals surface area contributed by atoms with Crippen LogP contribution in [0.2, 0.25) is 0 Å². The van der Waals surface area contributed by atoms with Crippen LogP contribution in [0, 0.1) is 6.92 Å². The van der Waals surface area contributed by atoms with Crippen LogP contribution in [0.4, 0.5) is 0 Å². The van der Waals surface area contributed by atoms with E-state index in [4.69, 9.17) is 0 Å². The monoisotopic (exact) mass is 258 g/mol. The highest BCUT2D eigenvalue weighted by Gasteiger charge is 2.33. The van der Waals surface area contributed by atoms with Crippen LogP contribution in [0.5, 0.6) is 0 Å². The number of aryl methyl sites for hydroxylation is 1. The first-order valence-corrected chi connectivity index (χ1v) is 6.88. The van der Waals surface area contributed by atoms with Crippen LogP contribution in [0.3, 0.4) is 0 Å². The second-order valence-corrected chi connectivity index (χ2v) is 5.08. The van der Waals surface area contributed by atoms with Gasteiger partial charge in [-0.15, -0.1) is 0 Å². The van der Waals surface area contributed by atoms with Gasteiger partial charge in [0.1, 0.15) is 0 Å². The summed E-state index contributed by atoms with van der Waals surface area (Å²) in [5.74, 6) is 0.908. The van der Waals surface area contributed by atoms with Crippen LogP contribution in [0.15, 0.2) is 48.9 Å². The van der Waals surface area contributed by atoms with Gasteiger partial charge in [-0.25, -0.2) is 0 Å². The molecule has 1 heterocycles. The summed E-state index contributed by atoms with van der Waals surface area (Å²) < 4.78 is 0. The van der Waals surface area contributed by atoms with Crippen LogP contribution in [0.1, 0.15) is 38.3 Å². The first kappa shape index (κ1) is 15.4. The minimum Gasteiger partial charge on any atom is -0.362 e. The standard InChI is InChI=1S/C15H20N2.C2H6/c1-11-7-6-8-14(9-11)15(4)10-12(2)17(5)13(3)16-15;1-2/h6-9,16H,2-3,10H2,1,4-5H3;1-2H3/t15-;/m0./s1. The van der Waals surface area contributed by atoms with Gasteiger partial charge < -0.3 is 10.2 Å². The van der Waals surface area contributed by atoms with Gasteiger partial charge in [0.2, 0.25) is 0 Å². The van der Waals surface area contributed by atoms with Crippen LogP contribution < -0.4 is 5.32 Å². The third-order valence-electron chi connectivity index (χ3n) is 3.51. The lowest BCUT2D eigenvalue weighted by molar-refractivity contribution is 0.268. The summed E-state index contributed by atoms with van der Waals surface area (Å²) in [5.41, 5.74) is 3.55. The van der Waals surface area contributed by atoms with E-state index in [1.54, 1.807) is 0 Å². The van der Waals surface area contributed by atoms with Crippen molar-refractivity contribution in [1.29, 1.82) is 0 Å². The molecule has 0 radical (unpaired) electrons. The van der Waals surface area contributed by atoms with Crippen molar-refractivity contribution in [2.45, 2.75) is 39.7 Å². The molecule has 0 unspecified atom stereocenters. The van der Waals surface area contributed by atoms with Gasteiger partial charge in [-0.2, -0.15) is 0 Å². The number of hydrogen-bond donors (Lipinski definition) is 1. The fraction of sp³-hybridized carbons (Fsp3) is 0.412. The van der Waals surface area contributed by atoms with Gasteiger partial charge >= 0.3 is 0 Å². The molecule has 1 saturated heterocycles. The fourth-order valence-electron chi connectivity index (χ4n) is 2.33. The lowest BCUT2D eigenvalue weighted by atomic mass is 9.85. The summed E-state index contributed by atoms with van der Waals surface area (Å²) in [6.45, 7) is 16.5. The molecule has 1 atom stereocenters. The molecule has 0 aliphatic carbocycles. The maximum absolute atomic E-state index is 4.11. The number of nitrogens with zero attached hydrogens (tertiary/aromatic N) is 1. The van der Waals surface area contributed by atoms with Crippen molar-refractivity contribution in [1.82, 2.24) is 10.2 Å². The molecule has 0 amide bonds. The fourth-order valence-corrected chi connectivity index (χ4v) is 2.33. The van der Waals surface area contributed by atoms with Crippen LogP contribution in [0.25, 0.3) is 0 Å². The van der Waals surface area contributed by atoms with E-state index in [0.29, 0.717) is 0 Å². The molecule has 0 aromatic heterocycles. The first-order chi connectivity index (χ1) is 8.92. The van der Waals surface area contributed by atoms with Crippen molar-refractivity contribution < 1.29 is 0 Å². The number of hydrogen-bond acceptors (Lipinski definition) is 2. The molecule has 1 fully saturated rings. The largest absolute Gasteiger partial charge is 0.362 e. The zero-order chi connectivity index (χ0) is 14.6. The smallest absolute Gasteiger partial charge is 0.0985 e. The average molecular weight is 258 g/mol. The van der Waals surface area contributed by atoms with E-state index < -0.39 is 0 Å². The second-order valence-electron chi connectivity index (χ2n) is 5.08. The van der Waals surface area contributed by atoms with Crippen molar-refractivity contribution in [2.75, 3.05) is 7.05 Å². The Morgan fingerprint density at radius 2 is 1.89 bits per heavy atom. The van der Waals surface area contributed by atoms with Gasteiger partial charge in [0.15, 0.2) is 0 Å². The van der Waals surface area contributed by atoms with Gasteiger partial charge in [0.25, 0.3) is 0 Å². The summed E-state index contributed by atoms with van der Waals surface area (Å²) in [6.07, 6.45) is 0.895. The van der Waals surface area contributed by atoms with Crippen LogP contribution >= 0.6 is 0 Å². The molecule has 1 aliphatic heterocycles. The van der Waals surface area contributed by atoms with E-state index in [9.17, 15) is 0 Å². The predicted octanol–water partition coefficient (Wildman–Crippen LogP) is 4.15. The molecule has 1 aromatic carbocycles. The summed E-state index contributed by atoms with van der Waals surface area (Å²) in [6, 6.07) is 8.59. The van der Waals surface area contributed by atoms with E-state index in [1.807, 2.05) is 25.8 Å². The Balaban J connectivity index is 0.000000861. The molecule has 0 saturated carbocycles. The number of benzene rings is 1. The average Bonchev–Trinajstić information content (AvgIpc) is 2.38. The minimum absolute atomic E-state index is 0.104. The molecule has 2 heteroatoms. The molecular weight excluding hydrogens is 232 g/mol. The third-order valence-corrected chi connectivity index (χ3v) is 3.51.